The highest BCUT2D eigenvalue weighted by atomic mass is 79.9. The third-order valence-electron chi connectivity index (χ3n) is 7.18. The van der Waals surface area contributed by atoms with Gasteiger partial charge >= 0.3 is 0 Å². The summed E-state index contributed by atoms with van der Waals surface area (Å²) in [6, 6.07) is 25.4. The van der Waals surface area contributed by atoms with E-state index in [0.717, 1.165) is 11.1 Å². The molecule has 0 saturated carbocycles. The molecule has 1 heterocycles. The summed E-state index contributed by atoms with van der Waals surface area (Å²) in [6.45, 7) is 1.52. The number of nitrogens with one attached hydrogen (secondary N) is 1. The summed E-state index contributed by atoms with van der Waals surface area (Å²) in [4.78, 5) is 10.7. The molecular weight excluding hydrogens is 1150 g/mol. The van der Waals surface area contributed by atoms with E-state index in [-0.39, 0.29) is 22.4 Å². The van der Waals surface area contributed by atoms with E-state index >= 15 is 0 Å². The number of hydrogen-bond donors (Lipinski definition) is 2. The molecule has 0 fully saturated rings. The second-order valence-electron chi connectivity index (χ2n) is 11.8. The van der Waals surface area contributed by atoms with Gasteiger partial charge in [0.15, 0.2) is 5.12 Å². The monoisotopic (exact) mass is 1170 g/mol. The number of sulfonamides is 2. The highest BCUT2D eigenvalue weighted by Crippen LogP contribution is 2.33. The van der Waals surface area contributed by atoms with Crippen molar-refractivity contribution in [3.05, 3.63) is 164 Å². The van der Waals surface area contributed by atoms with Crippen LogP contribution in [0.3, 0.4) is 0 Å². The van der Waals surface area contributed by atoms with Gasteiger partial charge in [-0.1, -0.05) is 162 Å². The normalized spacial score (nSPS) is 12.3. The van der Waals surface area contributed by atoms with E-state index in [4.69, 9.17) is 120 Å². The molecule has 0 unspecified atom stereocenters. The molecule has 5 aromatic rings. The third-order valence-corrected chi connectivity index (χ3v) is 14.6. The summed E-state index contributed by atoms with van der Waals surface area (Å²) in [6.07, 6.45) is 0. The second-order valence-corrected chi connectivity index (χ2v) is 23.3. The number of fused-ring (bicyclic) bond motifs is 1. The molecule has 61 heavy (non-hydrogen) atoms. The summed E-state index contributed by atoms with van der Waals surface area (Å²) in [5.41, 5.74) is 3.72. The summed E-state index contributed by atoms with van der Waals surface area (Å²) in [5.74, 6) is -0.172. The van der Waals surface area contributed by atoms with E-state index < -0.39 is 29.1 Å². The minimum absolute atomic E-state index is 0.0119. The standard InChI is InChI=1S/C9H8Cl2OS.C7H5BrCl2.C7H5Cl3O2S.C7H7Cl2NO2S.C7H6ClNO2S/c1-6(12)13-5-7-8(10)3-2-4-9(7)11;8-4-5-6(9)2-1-3-7(5)10;2*8-6-2-1-3-7(9)5(6)4-13(10,11)12;8-6-2-1-3-7-5(6)4-12(10,11)9-7/h2-4H,5H2,1H3;1-3H,4H2;1-3H,4H2;1-3H,4H2,(H2,10,11,12);1-3,9H,4H2. The van der Waals surface area contributed by atoms with Gasteiger partial charge in [-0.25, -0.2) is 30.4 Å². The van der Waals surface area contributed by atoms with Gasteiger partial charge in [0.25, 0.3) is 0 Å². The van der Waals surface area contributed by atoms with Crippen LogP contribution in [0.15, 0.2) is 91.0 Å². The summed E-state index contributed by atoms with van der Waals surface area (Å²) < 4.78 is 67.6. The van der Waals surface area contributed by atoms with Gasteiger partial charge in [-0.15, -0.1) is 0 Å². The first-order valence-corrected chi connectivity index (χ1v) is 27.7. The number of halogens is 11. The van der Waals surface area contributed by atoms with Gasteiger partial charge in [0.05, 0.1) is 22.9 Å². The SMILES string of the molecule is CC(=O)SCc1c(Cl)cccc1Cl.Clc1cccc(Cl)c1CBr.NS(=O)(=O)Cc1c(Cl)cccc1Cl.O=S(=O)(Cl)Cc1c(Cl)cccc1Cl.O=S1(=O)Cc2c(Cl)cccc2N1. The van der Waals surface area contributed by atoms with Crippen molar-refractivity contribution in [2.24, 2.45) is 5.14 Å². The molecule has 0 spiro atoms. The van der Waals surface area contributed by atoms with Crippen LogP contribution in [-0.2, 0) is 62.2 Å². The molecular formula is C37H31BrCl10N2O7S4. The zero-order valence-electron chi connectivity index (χ0n) is 30.9. The molecule has 24 heteroatoms. The zero-order chi connectivity index (χ0) is 46.3. The third kappa shape index (κ3) is 20.9. The fourth-order valence-corrected chi connectivity index (χ4v) is 11.9. The van der Waals surface area contributed by atoms with Gasteiger partial charge in [-0.05, 0) is 71.8 Å². The largest absolute Gasteiger partial charge is 0.288 e. The smallest absolute Gasteiger partial charge is 0.237 e. The van der Waals surface area contributed by atoms with Crippen LogP contribution in [-0.4, -0.2) is 30.4 Å². The summed E-state index contributed by atoms with van der Waals surface area (Å²) in [5, 5.41) is 10.00. The van der Waals surface area contributed by atoms with Gasteiger partial charge in [-0.3, -0.25) is 9.52 Å². The van der Waals surface area contributed by atoms with E-state index in [2.05, 4.69) is 20.7 Å². The molecule has 0 radical (unpaired) electrons. The highest BCUT2D eigenvalue weighted by molar-refractivity contribution is 9.08. The Hall–Kier alpha value is -0.890. The van der Waals surface area contributed by atoms with Crippen molar-refractivity contribution in [3.63, 3.8) is 0 Å². The van der Waals surface area contributed by atoms with Crippen LogP contribution < -0.4 is 9.86 Å². The molecule has 0 aliphatic carbocycles. The number of hydrogen-bond acceptors (Lipinski definition) is 8. The van der Waals surface area contributed by atoms with Gasteiger partial charge in [0.1, 0.15) is 0 Å². The number of thioether (sulfide) groups is 1. The topological polar surface area (TPSA) is 158 Å². The number of carbonyl (C=O) groups excluding carboxylic acids is 1. The first-order chi connectivity index (χ1) is 28.2. The van der Waals surface area contributed by atoms with Crippen molar-refractivity contribution in [1.82, 2.24) is 0 Å². The fourth-order valence-electron chi connectivity index (χ4n) is 4.41. The lowest BCUT2D eigenvalue weighted by molar-refractivity contribution is -0.109. The van der Waals surface area contributed by atoms with Crippen molar-refractivity contribution < 1.29 is 30.0 Å². The molecule has 9 nitrogen and oxygen atoms in total. The maximum Gasteiger partial charge on any atom is 0.237 e. The molecule has 0 aromatic heterocycles. The lowest BCUT2D eigenvalue weighted by Crippen LogP contribution is -2.15. The molecule has 3 N–H and O–H groups in total. The number of nitrogens with two attached hydrogens (primary N) is 1. The van der Waals surface area contributed by atoms with Crippen molar-refractivity contribution in [2.75, 3.05) is 4.72 Å². The predicted octanol–water partition coefficient (Wildman–Crippen LogP) is 14.1. The van der Waals surface area contributed by atoms with Crippen LogP contribution in [0.4, 0.5) is 5.69 Å². The van der Waals surface area contributed by atoms with Crippen LogP contribution in [0, 0.1) is 0 Å². The maximum atomic E-state index is 11.1. The quantitative estimate of drug-likeness (QED) is 0.120. The molecule has 0 bridgehead atoms. The van der Waals surface area contributed by atoms with E-state index in [1.165, 1.54) is 18.7 Å². The average Bonchev–Trinajstić information content (AvgIpc) is 3.47. The number of benzene rings is 5. The van der Waals surface area contributed by atoms with Crippen molar-refractivity contribution in [2.45, 2.75) is 35.3 Å². The van der Waals surface area contributed by atoms with Crippen LogP contribution >= 0.6 is 143 Å². The molecule has 1 aliphatic rings. The minimum Gasteiger partial charge on any atom is -0.288 e. The molecule has 1 aliphatic heterocycles. The summed E-state index contributed by atoms with van der Waals surface area (Å²) >= 11 is 56.6. The molecule has 0 amide bonds. The van der Waals surface area contributed by atoms with Crippen LogP contribution in [0.2, 0.25) is 45.2 Å². The Bertz CT molecular complexity index is 2500. The van der Waals surface area contributed by atoms with Crippen LogP contribution in [0.1, 0.15) is 34.7 Å². The Morgan fingerprint density at radius 2 is 0.967 bits per heavy atom. The number of anilines is 1. The first-order valence-electron chi connectivity index (χ1n) is 16.4. The number of alkyl halides is 1. The lowest BCUT2D eigenvalue weighted by atomic mass is 10.2. The lowest BCUT2D eigenvalue weighted by Gasteiger charge is -2.04. The fraction of sp³-hybridized carbons (Fsp3) is 0.162. The van der Waals surface area contributed by atoms with Gasteiger partial charge < -0.3 is 0 Å². The first kappa shape index (κ1) is 56.2. The van der Waals surface area contributed by atoms with Crippen molar-refractivity contribution in [3.8, 4) is 0 Å². The Morgan fingerprint density at radius 1 is 0.623 bits per heavy atom. The highest BCUT2D eigenvalue weighted by Gasteiger charge is 2.25. The minimum atomic E-state index is -3.62. The zero-order valence-corrected chi connectivity index (χ0v) is 43.3. The maximum absolute atomic E-state index is 11.1. The molecule has 332 valence electrons. The molecule has 5 aromatic carbocycles. The molecule has 6 rings (SSSR count). The van der Waals surface area contributed by atoms with E-state index in [0.29, 0.717) is 78.7 Å². The molecule has 0 atom stereocenters. The van der Waals surface area contributed by atoms with Crippen LogP contribution in [0.25, 0.3) is 0 Å². The number of carbonyl (C=O) groups is 1. The van der Waals surface area contributed by atoms with Gasteiger partial charge in [0.2, 0.25) is 29.1 Å². The Labute approximate surface area is 417 Å². The van der Waals surface area contributed by atoms with Gasteiger partial charge in [-0.2, -0.15) is 0 Å². The predicted molar refractivity (Wildman–Crippen MR) is 263 cm³/mol. The number of rotatable bonds is 7. The van der Waals surface area contributed by atoms with E-state index in [9.17, 15) is 30.0 Å². The van der Waals surface area contributed by atoms with E-state index in [1.54, 1.807) is 72.8 Å². The Kier molecular flexibility index (Phi) is 24.3. The number of primary sulfonamides is 1. The Morgan fingerprint density at radius 3 is 1.30 bits per heavy atom. The average molecular weight is 1180 g/mol. The second kappa shape index (κ2) is 26.3. The van der Waals surface area contributed by atoms with Gasteiger partial charge in [0, 0.05) is 90.6 Å². The van der Waals surface area contributed by atoms with Crippen LogP contribution in [0.5, 0.6) is 0 Å². The summed E-state index contributed by atoms with van der Waals surface area (Å²) in [7, 11) is -5.31. The van der Waals surface area contributed by atoms with Crippen molar-refractivity contribution >= 4 is 183 Å². The molecule has 0 saturated heterocycles. The van der Waals surface area contributed by atoms with E-state index in [1.807, 2.05) is 18.2 Å². The van der Waals surface area contributed by atoms with Crippen molar-refractivity contribution in [1.29, 1.82) is 0 Å². The Balaban J connectivity index is 0.000000263.